The van der Waals surface area contributed by atoms with E-state index in [1.807, 2.05) is 23.1 Å². The number of amides is 1. The number of hydrogen-bond acceptors (Lipinski definition) is 2. The molecular weight excluding hydrogens is 236 g/mol. The highest BCUT2D eigenvalue weighted by Gasteiger charge is 2.27. The maximum atomic E-state index is 12.1. The maximum Gasteiger partial charge on any atom is 0.231 e. The Bertz CT molecular complexity index is 632. The lowest BCUT2D eigenvalue weighted by Crippen LogP contribution is -2.25. The average Bonchev–Trinajstić information content (AvgIpc) is 2.68. The summed E-state index contributed by atoms with van der Waals surface area (Å²) in [4.78, 5) is 13.9. The van der Waals surface area contributed by atoms with Crippen molar-refractivity contribution in [1.29, 1.82) is 0 Å². The molecule has 19 heavy (non-hydrogen) atoms. The van der Waals surface area contributed by atoms with Crippen LogP contribution in [-0.4, -0.2) is 5.91 Å². The van der Waals surface area contributed by atoms with Gasteiger partial charge >= 0.3 is 0 Å². The third kappa shape index (κ3) is 2.19. The van der Waals surface area contributed by atoms with Gasteiger partial charge in [-0.05, 0) is 36.2 Å². The Labute approximate surface area is 112 Å². The van der Waals surface area contributed by atoms with Crippen LogP contribution in [-0.2, 0) is 17.8 Å². The van der Waals surface area contributed by atoms with Gasteiger partial charge < -0.3 is 10.6 Å². The number of benzene rings is 2. The van der Waals surface area contributed by atoms with Crippen molar-refractivity contribution < 1.29 is 4.79 Å². The zero-order valence-electron chi connectivity index (χ0n) is 10.9. The first kappa shape index (κ1) is 11.8. The zero-order chi connectivity index (χ0) is 13.4. The van der Waals surface area contributed by atoms with Crippen LogP contribution in [0.1, 0.15) is 16.7 Å². The molecule has 0 bridgehead atoms. The van der Waals surface area contributed by atoms with E-state index in [9.17, 15) is 4.79 Å². The predicted octanol–water partition coefficient (Wildman–Crippen LogP) is 2.67. The van der Waals surface area contributed by atoms with Crippen LogP contribution in [0.25, 0.3) is 0 Å². The molecule has 0 radical (unpaired) electrons. The Morgan fingerprint density at radius 3 is 2.63 bits per heavy atom. The fourth-order valence-electron chi connectivity index (χ4n) is 2.45. The number of carbonyl (C=O) groups excluding carboxylic acids is 1. The number of nitrogen functional groups attached to an aromatic ring is 1. The van der Waals surface area contributed by atoms with E-state index in [-0.39, 0.29) is 5.91 Å². The standard InChI is InChI=1S/C16H16N2O/c1-11-2-4-12(5-3-11)10-18-15-7-6-14(17)8-13(15)9-16(18)19/h2-8H,9-10,17H2,1H3. The fourth-order valence-corrected chi connectivity index (χ4v) is 2.45. The third-order valence-electron chi connectivity index (χ3n) is 3.50. The van der Waals surface area contributed by atoms with E-state index >= 15 is 0 Å². The van der Waals surface area contributed by atoms with E-state index in [1.54, 1.807) is 0 Å². The quantitative estimate of drug-likeness (QED) is 0.835. The van der Waals surface area contributed by atoms with E-state index in [0.29, 0.717) is 18.7 Å². The van der Waals surface area contributed by atoms with E-state index < -0.39 is 0 Å². The Hall–Kier alpha value is -2.29. The number of aryl methyl sites for hydroxylation is 1. The lowest BCUT2D eigenvalue weighted by molar-refractivity contribution is -0.117. The second-order valence-electron chi connectivity index (χ2n) is 5.03. The molecule has 3 heteroatoms. The molecule has 3 nitrogen and oxygen atoms in total. The Morgan fingerprint density at radius 1 is 1.16 bits per heavy atom. The summed E-state index contributed by atoms with van der Waals surface area (Å²) >= 11 is 0. The van der Waals surface area contributed by atoms with Gasteiger partial charge in [0.2, 0.25) is 5.91 Å². The SMILES string of the molecule is Cc1ccc(CN2C(=O)Cc3cc(N)ccc32)cc1. The van der Waals surface area contributed by atoms with Gasteiger partial charge in [0.25, 0.3) is 0 Å². The van der Waals surface area contributed by atoms with Gasteiger partial charge in [-0.25, -0.2) is 0 Å². The van der Waals surface area contributed by atoms with Gasteiger partial charge in [0.1, 0.15) is 0 Å². The van der Waals surface area contributed by atoms with Gasteiger partial charge in [0, 0.05) is 11.4 Å². The lowest BCUT2D eigenvalue weighted by atomic mass is 10.1. The van der Waals surface area contributed by atoms with Crippen molar-refractivity contribution in [3.63, 3.8) is 0 Å². The number of nitrogens with zero attached hydrogens (tertiary/aromatic N) is 1. The summed E-state index contributed by atoms with van der Waals surface area (Å²) in [7, 11) is 0. The van der Waals surface area contributed by atoms with E-state index in [0.717, 1.165) is 16.8 Å². The molecule has 0 aliphatic carbocycles. The van der Waals surface area contributed by atoms with Crippen LogP contribution in [0.2, 0.25) is 0 Å². The fraction of sp³-hybridized carbons (Fsp3) is 0.188. The van der Waals surface area contributed by atoms with Gasteiger partial charge in [0.05, 0.1) is 13.0 Å². The lowest BCUT2D eigenvalue weighted by Gasteiger charge is -2.17. The number of hydrogen-bond donors (Lipinski definition) is 1. The van der Waals surface area contributed by atoms with Crippen LogP contribution in [0, 0.1) is 6.92 Å². The normalized spacial score (nSPS) is 13.7. The van der Waals surface area contributed by atoms with E-state index in [4.69, 9.17) is 5.73 Å². The summed E-state index contributed by atoms with van der Waals surface area (Å²) in [5.41, 5.74) is 10.9. The molecule has 2 aromatic carbocycles. The summed E-state index contributed by atoms with van der Waals surface area (Å²) in [6.07, 6.45) is 0.451. The average molecular weight is 252 g/mol. The highest BCUT2D eigenvalue weighted by Crippen LogP contribution is 2.31. The first-order valence-electron chi connectivity index (χ1n) is 6.38. The van der Waals surface area contributed by atoms with Crippen molar-refractivity contribution in [2.75, 3.05) is 10.6 Å². The first-order chi connectivity index (χ1) is 9.13. The van der Waals surface area contributed by atoms with Crippen molar-refractivity contribution in [2.24, 2.45) is 0 Å². The van der Waals surface area contributed by atoms with Gasteiger partial charge in [-0.3, -0.25) is 4.79 Å². The molecule has 0 saturated carbocycles. The Morgan fingerprint density at radius 2 is 1.89 bits per heavy atom. The van der Waals surface area contributed by atoms with Crippen molar-refractivity contribution in [2.45, 2.75) is 19.9 Å². The topological polar surface area (TPSA) is 46.3 Å². The second-order valence-corrected chi connectivity index (χ2v) is 5.03. The molecule has 0 spiro atoms. The molecule has 0 saturated heterocycles. The Balaban J connectivity index is 1.90. The van der Waals surface area contributed by atoms with Crippen molar-refractivity contribution in [3.8, 4) is 0 Å². The molecule has 96 valence electrons. The summed E-state index contributed by atoms with van der Waals surface area (Å²) < 4.78 is 0. The largest absolute Gasteiger partial charge is 0.399 e. The maximum absolute atomic E-state index is 12.1. The highest BCUT2D eigenvalue weighted by molar-refractivity contribution is 6.01. The Kier molecular flexibility index (Phi) is 2.75. The molecule has 1 aliphatic heterocycles. The molecule has 0 fully saturated rings. The van der Waals surface area contributed by atoms with Crippen LogP contribution in [0.4, 0.5) is 11.4 Å². The molecule has 3 rings (SSSR count). The van der Waals surface area contributed by atoms with Crippen LogP contribution in [0.3, 0.4) is 0 Å². The van der Waals surface area contributed by atoms with Crippen LogP contribution < -0.4 is 10.6 Å². The van der Waals surface area contributed by atoms with Gasteiger partial charge in [0.15, 0.2) is 0 Å². The zero-order valence-corrected chi connectivity index (χ0v) is 10.9. The molecule has 1 amide bonds. The molecule has 0 atom stereocenters. The number of anilines is 2. The van der Waals surface area contributed by atoms with Gasteiger partial charge in [-0.1, -0.05) is 29.8 Å². The van der Waals surface area contributed by atoms with Crippen LogP contribution in [0.15, 0.2) is 42.5 Å². The van der Waals surface area contributed by atoms with E-state index in [2.05, 4.69) is 31.2 Å². The smallest absolute Gasteiger partial charge is 0.231 e. The monoisotopic (exact) mass is 252 g/mol. The van der Waals surface area contributed by atoms with Gasteiger partial charge in [-0.2, -0.15) is 0 Å². The summed E-state index contributed by atoms with van der Waals surface area (Å²) in [6, 6.07) is 13.9. The van der Waals surface area contributed by atoms with Crippen molar-refractivity contribution >= 4 is 17.3 Å². The third-order valence-corrected chi connectivity index (χ3v) is 3.50. The highest BCUT2D eigenvalue weighted by atomic mass is 16.2. The minimum Gasteiger partial charge on any atom is -0.399 e. The number of fused-ring (bicyclic) bond motifs is 1. The number of carbonyl (C=O) groups is 1. The predicted molar refractivity (Wildman–Crippen MR) is 76.9 cm³/mol. The number of rotatable bonds is 2. The van der Waals surface area contributed by atoms with Crippen LogP contribution in [0.5, 0.6) is 0 Å². The number of nitrogens with two attached hydrogens (primary N) is 1. The molecule has 1 aliphatic rings. The molecule has 0 aromatic heterocycles. The van der Waals surface area contributed by atoms with E-state index in [1.165, 1.54) is 5.56 Å². The molecular formula is C16H16N2O. The molecule has 1 heterocycles. The van der Waals surface area contributed by atoms with Gasteiger partial charge in [-0.15, -0.1) is 0 Å². The van der Waals surface area contributed by atoms with Crippen molar-refractivity contribution in [3.05, 3.63) is 59.2 Å². The minimum atomic E-state index is 0.140. The van der Waals surface area contributed by atoms with Crippen LogP contribution >= 0.6 is 0 Å². The summed E-state index contributed by atoms with van der Waals surface area (Å²) in [5.74, 6) is 0.140. The molecule has 0 unspecified atom stereocenters. The minimum absolute atomic E-state index is 0.140. The second kappa shape index (κ2) is 4.43. The molecule has 2 N–H and O–H groups in total. The molecule has 2 aromatic rings. The first-order valence-corrected chi connectivity index (χ1v) is 6.38. The summed E-state index contributed by atoms with van der Waals surface area (Å²) in [5, 5.41) is 0. The summed E-state index contributed by atoms with van der Waals surface area (Å²) in [6.45, 7) is 2.68. The van der Waals surface area contributed by atoms with Crippen molar-refractivity contribution in [1.82, 2.24) is 0 Å².